The topological polar surface area (TPSA) is 20.2 Å². The number of aryl methyl sites for hydroxylation is 1. The molecule has 2 aromatic rings. The molecule has 0 heterocycles. The summed E-state index contributed by atoms with van der Waals surface area (Å²) in [5.74, 6) is 1.68. The Morgan fingerprint density at radius 3 is 2.45 bits per heavy atom. The summed E-state index contributed by atoms with van der Waals surface area (Å²) in [7, 11) is 0. The first-order valence-corrected chi connectivity index (χ1v) is 7.50. The highest BCUT2D eigenvalue weighted by Crippen LogP contribution is 2.52. The Kier molecular flexibility index (Phi) is 3.88. The van der Waals surface area contributed by atoms with Gasteiger partial charge in [-0.3, -0.25) is 0 Å². The van der Waals surface area contributed by atoms with Crippen LogP contribution in [0.4, 0.5) is 0 Å². The number of aliphatic hydroxyl groups is 1. The molecule has 1 N–H and O–H groups in total. The van der Waals surface area contributed by atoms with E-state index in [1.54, 1.807) is 0 Å². The number of rotatable bonds is 5. The number of aliphatic hydroxyl groups excluding tert-OH is 1. The van der Waals surface area contributed by atoms with Crippen molar-refractivity contribution in [3.8, 4) is 0 Å². The highest BCUT2D eigenvalue weighted by Gasteiger charge is 2.43. The second-order valence-corrected chi connectivity index (χ2v) is 5.99. The van der Waals surface area contributed by atoms with Crippen LogP contribution in [-0.2, 0) is 6.42 Å². The van der Waals surface area contributed by atoms with Gasteiger partial charge in [-0.05, 0) is 54.2 Å². The van der Waals surface area contributed by atoms with Crippen LogP contribution in [-0.4, -0.2) is 11.7 Å². The average Bonchev–Trinajstić information content (AvgIpc) is 3.28. The van der Waals surface area contributed by atoms with E-state index >= 15 is 0 Å². The van der Waals surface area contributed by atoms with E-state index in [9.17, 15) is 5.11 Å². The minimum Gasteiger partial charge on any atom is -0.396 e. The van der Waals surface area contributed by atoms with Crippen molar-refractivity contribution < 1.29 is 5.11 Å². The summed E-state index contributed by atoms with van der Waals surface area (Å²) in [4.78, 5) is 0. The predicted molar refractivity (Wildman–Crippen MR) is 82.7 cm³/mol. The van der Waals surface area contributed by atoms with E-state index < -0.39 is 0 Å². The summed E-state index contributed by atoms with van der Waals surface area (Å²) in [6.07, 6.45) is 2.22. The lowest BCUT2D eigenvalue weighted by molar-refractivity contribution is 0.207. The summed E-state index contributed by atoms with van der Waals surface area (Å²) < 4.78 is 0. The molecule has 0 saturated heterocycles. The molecule has 1 aliphatic carbocycles. The molecule has 0 bridgehead atoms. The van der Waals surface area contributed by atoms with Crippen molar-refractivity contribution in [2.75, 3.05) is 6.61 Å². The average molecular weight is 266 g/mol. The van der Waals surface area contributed by atoms with Gasteiger partial charge in [0.25, 0.3) is 0 Å². The van der Waals surface area contributed by atoms with Crippen LogP contribution in [0.2, 0.25) is 0 Å². The molecular formula is C19H22O. The van der Waals surface area contributed by atoms with Crippen LogP contribution in [0, 0.1) is 18.8 Å². The number of hydrogen-bond acceptors (Lipinski definition) is 1. The highest BCUT2D eigenvalue weighted by molar-refractivity contribution is 5.29. The molecule has 1 heteroatoms. The Labute approximate surface area is 121 Å². The van der Waals surface area contributed by atoms with Crippen LogP contribution in [0.1, 0.15) is 29.0 Å². The maximum absolute atomic E-state index is 9.75. The molecule has 3 unspecified atom stereocenters. The summed E-state index contributed by atoms with van der Waals surface area (Å²) in [6, 6.07) is 19.2. The van der Waals surface area contributed by atoms with Crippen LogP contribution >= 0.6 is 0 Å². The van der Waals surface area contributed by atoms with E-state index in [1.807, 2.05) is 0 Å². The largest absolute Gasteiger partial charge is 0.396 e. The van der Waals surface area contributed by atoms with Crippen LogP contribution in [0.15, 0.2) is 54.6 Å². The second kappa shape index (κ2) is 5.80. The number of hydrogen-bond donors (Lipinski definition) is 1. The Morgan fingerprint density at radius 2 is 1.75 bits per heavy atom. The number of benzene rings is 2. The van der Waals surface area contributed by atoms with Crippen molar-refractivity contribution in [1.82, 2.24) is 0 Å². The maximum atomic E-state index is 9.75. The molecule has 20 heavy (non-hydrogen) atoms. The van der Waals surface area contributed by atoms with Gasteiger partial charge in [0, 0.05) is 6.61 Å². The molecule has 0 aliphatic heterocycles. The molecule has 0 aromatic heterocycles. The van der Waals surface area contributed by atoms with E-state index in [0.29, 0.717) is 24.4 Å². The Hall–Kier alpha value is -1.60. The van der Waals surface area contributed by atoms with Gasteiger partial charge >= 0.3 is 0 Å². The van der Waals surface area contributed by atoms with Crippen LogP contribution in [0.3, 0.4) is 0 Å². The van der Waals surface area contributed by atoms with Crippen molar-refractivity contribution in [1.29, 1.82) is 0 Å². The van der Waals surface area contributed by atoms with E-state index in [2.05, 4.69) is 61.5 Å². The molecule has 1 aliphatic rings. The van der Waals surface area contributed by atoms with Gasteiger partial charge in [0.2, 0.25) is 0 Å². The Bertz CT molecular complexity index is 561. The van der Waals surface area contributed by atoms with Gasteiger partial charge in [-0.1, -0.05) is 54.6 Å². The van der Waals surface area contributed by atoms with E-state index in [0.717, 1.165) is 6.42 Å². The summed E-state index contributed by atoms with van der Waals surface area (Å²) in [5.41, 5.74) is 4.15. The van der Waals surface area contributed by atoms with E-state index in [4.69, 9.17) is 0 Å². The van der Waals surface area contributed by atoms with Crippen molar-refractivity contribution in [2.45, 2.75) is 25.7 Å². The van der Waals surface area contributed by atoms with E-state index in [1.165, 1.54) is 23.1 Å². The molecule has 0 amide bonds. The maximum Gasteiger partial charge on any atom is 0.0465 e. The van der Waals surface area contributed by atoms with Crippen molar-refractivity contribution in [3.05, 3.63) is 71.3 Å². The summed E-state index contributed by atoms with van der Waals surface area (Å²) in [5, 5.41) is 9.75. The zero-order chi connectivity index (χ0) is 13.9. The minimum atomic E-state index is 0.294. The Balaban J connectivity index is 1.69. The highest BCUT2D eigenvalue weighted by atomic mass is 16.3. The standard InChI is InChI=1S/C19H22O/c1-14-7-5-6-10-16(14)11-17(13-20)19-12-18(19)15-8-3-2-4-9-15/h2-10,17-20H,11-13H2,1H3. The van der Waals surface area contributed by atoms with Crippen molar-refractivity contribution in [2.24, 2.45) is 11.8 Å². The molecule has 3 atom stereocenters. The fourth-order valence-electron chi connectivity index (χ4n) is 3.29. The first kappa shape index (κ1) is 13.4. The molecular weight excluding hydrogens is 244 g/mol. The summed E-state index contributed by atoms with van der Waals surface area (Å²) >= 11 is 0. The van der Waals surface area contributed by atoms with Crippen molar-refractivity contribution >= 4 is 0 Å². The SMILES string of the molecule is Cc1ccccc1CC(CO)C1CC1c1ccccc1. The van der Waals surface area contributed by atoms with Crippen LogP contribution < -0.4 is 0 Å². The second-order valence-electron chi connectivity index (χ2n) is 5.99. The zero-order valence-electron chi connectivity index (χ0n) is 12.0. The molecule has 2 aromatic carbocycles. The molecule has 0 spiro atoms. The minimum absolute atomic E-state index is 0.294. The van der Waals surface area contributed by atoms with Gasteiger partial charge in [0.1, 0.15) is 0 Å². The molecule has 104 valence electrons. The van der Waals surface area contributed by atoms with Gasteiger partial charge < -0.3 is 5.11 Å². The van der Waals surface area contributed by atoms with Gasteiger partial charge in [0.15, 0.2) is 0 Å². The van der Waals surface area contributed by atoms with Gasteiger partial charge in [-0.2, -0.15) is 0 Å². The lowest BCUT2D eigenvalue weighted by atomic mass is 9.91. The monoisotopic (exact) mass is 266 g/mol. The fourth-order valence-corrected chi connectivity index (χ4v) is 3.29. The van der Waals surface area contributed by atoms with Gasteiger partial charge in [-0.25, -0.2) is 0 Å². The predicted octanol–water partition coefficient (Wildman–Crippen LogP) is 3.95. The third-order valence-electron chi connectivity index (χ3n) is 4.65. The lowest BCUT2D eigenvalue weighted by Gasteiger charge is -2.16. The molecule has 0 radical (unpaired) electrons. The van der Waals surface area contributed by atoms with Crippen LogP contribution in [0.5, 0.6) is 0 Å². The Morgan fingerprint density at radius 1 is 1.05 bits per heavy atom. The van der Waals surface area contributed by atoms with Crippen LogP contribution in [0.25, 0.3) is 0 Å². The first-order chi connectivity index (χ1) is 9.79. The molecule has 1 fully saturated rings. The zero-order valence-corrected chi connectivity index (χ0v) is 12.0. The first-order valence-electron chi connectivity index (χ1n) is 7.50. The quantitative estimate of drug-likeness (QED) is 0.868. The smallest absolute Gasteiger partial charge is 0.0465 e. The lowest BCUT2D eigenvalue weighted by Crippen LogP contribution is -2.13. The third kappa shape index (κ3) is 2.78. The third-order valence-corrected chi connectivity index (χ3v) is 4.65. The van der Waals surface area contributed by atoms with Gasteiger partial charge in [-0.15, -0.1) is 0 Å². The fraction of sp³-hybridized carbons (Fsp3) is 0.368. The van der Waals surface area contributed by atoms with E-state index in [-0.39, 0.29) is 0 Å². The normalized spacial score (nSPS) is 22.5. The molecule has 1 saturated carbocycles. The molecule has 1 nitrogen and oxygen atoms in total. The summed E-state index contributed by atoms with van der Waals surface area (Å²) in [6.45, 7) is 2.45. The molecule has 3 rings (SSSR count). The van der Waals surface area contributed by atoms with Crippen molar-refractivity contribution in [3.63, 3.8) is 0 Å². The van der Waals surface area contributed by atoms with Gasteiger partial charge in [0.05, 0.1) is 0 Å².